The number of piperidine rings is 1. The van der Waals surface area contributed by atoms with Crippen molar-refractivity contribution < 1.29 is 47.2 Å². The van der Waals surface area contributed by atoms with Crippen molar-refractivity contribution in [1.82, 2.24) is 5.32 Å². The summed E-state index contributed by atoms with van der Waals surface area (Å²) in [6, 6.07) is 17.0. The van der Waals surface area contributed by atoms with Gasteiger partial charge in [0.25, 0.3) is 0 Å². The van der Waals surface area contributed by atoms with E-state index in [1.807, 2.05) is 6.07 Å². The van der Waals surface area contributed by atoms with Gasteiger partial charge in [0.2, 0.25) is 0 Å². The van der Waals surface area contributed by atoms with Crippen molar-refractivity contribution in [1.29, 1.82) is 0 Å². The first-order valence-corrected chi connectivity index (χ1v) is 20.3. The van der Waals surface area contributed by atoms with Crippen molar-refractivity contribution in [3.05, 3.63) is 121 Å². The first kappa shape index (κ1) is 39.8. The Morgan fingerprint density at radius 1 is 0.786 bits per heavy atom. The number of aliphatic carboxylic acids is 2. The second-order valence-electron chi connectivity index (χ2n) is 14.2. The van der Waals surface area contributed by atoms with Crippen molar-refractivity contribution in [2.75, 3.05) is 19.7 Å². The summed E-state index contributed by atoms with van der Waals surface area (Å²) >= 11 is 6.94. The minimum atomic E-state index is -0.911. The van der Waals surface area contributed by atoms with Crippen LogP contribution in [-0.4, -0.2) is 41.8 Å². The quantitative estimate of drug-likeness (QED) is 0.140. The maximum Gasteiger partial charge on any atom is 0.307 e. The summed E-state index contributed by atoms with van der Waals surface area (Å²) in [6.45, 7) is 2.86. The zero-order valence-electron chi connectivity index (χ0n) is 30.4. The monoisotopic (exact) mass is 895 g/mol. The van der Waals surface area contributed by atoms with E-state index in [9.17, 15) is 18.4 Å². The predicted molar refractivity (Wildman–Crippen MR) is 213 cm³/mol. The number of carbonyl (C=O) groups is 2. The van der Waals surface area contributed by atoms with Crippen LogP contribution in [0.2, 0.25) is 0 Å². The van der Waals surface area contributed by atoms with Gasteiger partial charge < -0.3 is 34.2 Å². The molecule has 3 heterocycles. The van der Waals surface area contributed by atoms with E-state index in [0.717, 1.165) is 43.9 Å². The lowest BCUT2D eigenvalue weighted by Gasteiger charge is -2.16. The number of carboxylic acids is 2. The van der Waals surface area contributed by atoms with Gasteiger partial charge in [0.15, 0.2) is 0 Å². The summed E-state index contributed by atoms with van der Waals surface area (Å²) in [6.07, 6.45) is 7.87. The van der Waals surface area contributed by atoms with Crippen molar-refractivity contribution in [3.8, 4) is 17.2 Å². The molecule has 294 valence electrons. The highest BCUT2D eigenvalue weighted by Gasteiger charge is 2.32. The zero-order valence-corrected chi connectivity index (χ0v) is 33.6. The summed E-state index contributed by atoms with van der Waals surface area (Å²) in [7, 11) is 0. The Balaban J connectivity index is 0.000000149. The molecule has 0 saturated carbocycles. The van der Waals surface area contributed by atoms with Gasteiger partial charge in [-0.2, -0.15) is 0 Å². The molecule has 5 aromatic rings. The first-order chi connectivity index (χ1) is 27.0. The number of hydrogen-bond acceptors (Lipinski definition) is 7. The Kier molecular flexibility index (Phi) is 12.6. The molecule has 2 aliphatic carbocycles. The van der Waals surface area contributed by atoms with E-state index in [1.165, 1.54) is 50.7 Å². The van der Waals surface area contributed by atoms with Crippen LogP contribution in [0.4, 0.5) is 8.78 Å². The number of ether oxygens (including phenoxy) is 3. The Morgan fingerprint density at radius 3 is 1.95 bits per heavy atom. The highest BCUT2D eigenvalue weighted by atomic mass is 79.9. The van der Waals surface area contributed by atoms with Gasteiger partial charge in [0, 0.05) is 54.6 Å². The van der Waals surface area contributed by atoms with Gasteiger partial charge in [0.05, 0.1) is 25.7 Å². The normalized spacial score (nSPS) is 19.0. The van der Waals surface area contributed by atoms with Crippen LogP contribution in [0.1, 0.15) is 90.0 Å². The van der Waals surface area contributed by atoms with E-state index in [2.05, 4.69) is 37.2 Å². The molecule has 1 fully saturated rings. The van der Waals surface area contributed by atoms with Crippen LogP contribution in [0.5, 0.6) is 17.2 Å². The van der Waals surface area contributed by atoms with Gasteiger partial charge >= 0.3 is 11.9 Å². The number of fused-ring (bicyclic) bond motifs is 4. The van der Waals surface area contributed by atoms with Gasteiger partial charge in [-0.05, 0) is 105 Å². The molecule has 1 saturated heterocycles. The SMILES string of the molecule is C1CCNCC1.O=C(O)C[C@@H]1COc2cc(O[C@@H]3CCc4c(Br)ccc(F)c43)ccc21.O=C(O)Cc1coc2cc(O[C@@H]3CCc4c(Br)ccc(F)c43)ccc12. The molecule has 13 heteroatoms. The largest absolute Gasteiger partial charge is 0.492 e. The third-order valence-electron chi connectivity index (χ3n) is 10.5. The average Bonchev–Trinajstić information content (AvgIpc) is 3.99. The number of rotatable bonds is 8. The molecule has 9 rings (SSSR count). The van der Waals surface area contributed by atoms with Crippen LogP contribution in [0, 0.1) is 11.6 Å². The maximum absolute atomic E-state index is 14.2. The Labute approximate surface area is 339 Å². The second kappa shape index (κ2) is 17.8. The molecule has 3 N–H and O–H groups in total. The van der Waals surface area contributed by atoms with E-state index in [1.54, 1.807) is 42.5 Å². The fourth-order valence-corrected chi connectivity index (χ4v) is 8.86. The van der Waals surface area contributed by atoms with Crippen LogP contribution in [0.3, 0.4) is 0 Å². The van der Waals surface area contributed by atoms with Crippen LogP contribution in [0.25, 0.3) is 11.0 Å². The van der Waals surface area contributed by atoms with Crippen LogP contribution >= 0.6 is 31.9 Å². The molecular formula is C43H41Br2F2NO8. The van der Waals surface area contributed by atoms with E-state index in [0.29, 0.717) is 59.0 Å². The fourth-order valence-electron chi connectivity index (χ4n) is 7.78. The number of nitrogens with one attached hydrogen (secondary N) is 1. The van der Waals surface area contributed by atoms with Crippen LogP contribution in [0.15, 0.2) is 80.3 Å². The fraction of sp³-hybridized carbons (Fsp3) is 0.349. The molecule has 1 aromatic heterocycles. The molecule has 0 spiro atoms. The topological polar surface area (TPSA) is 127 Å². The molecule has 9 nitrogen and oxygen atoms in total. The van der Waals surface area contributed by atoms with E-state index in [-0.39, 0.29) is 42.6 Å². The van der Waals surface area contributed by atoms with E-state index >= 15 is 0 Å². The first-order valence-electron chi connectivity index (χ1n) is 18.7. The minimum absolute atomic E-state index is 0.0441. The highest BCUT2D eigenvalue weighted by molar-refractivity contribution is 9.10. The van der Waals surface area contributed by atoms with Gasteiger partial charge in [-0.15, -0.1) is 0 Å². The van der Waals surface area contributed by atoms with Gasteiger partial charge in [-0.1, -0.05) is 44.3 Å². The second-order valence-corrected chi connectivity index (χ2v) is 15.9. The number of halogens is 4. The standard InChI is InChI=1S/C19H16BrFO4.C19H14BrFO4.C5H11N/c2*20-14-4-5-15(21)19-13(14)3-6-16(19)25-11-1-2-12-10(7-18(22)23)9-24-17(12)8-11;1-2-4-6-5-3-1/h1-2,4-5,8,10,16H,3,6-7,9H2,(H,22,23);1-2,4-5,8-9,16H,3,6-7H2,(H,22,23);6H,1-5H2/t10-,16-;16-;/m11./s1. The summed E-state index contributed by atoms with van der Waals surface area (Å²) < 4.78 is 53.3. The molecule has 56 heavy (non-hydrogen) atoms. The van der Waals surface area contributed by atoms with Crippen LogP contribution in [-0.2, 0) is 28.9 Å². The molecule has 0 unspecified atom stereocenters. The summed E-state index contributed by atoms with van der Waals surface area (Å²) in [5.74, 6) is -0.577. The third kappa shape index (κ3) is 9.05. The molecule has 4 aromatic carbocycles. The Morgan fingerprint density at radius 2 is 1.39 bits per heavy atom. The highest BCUT2D eigenvalue weighted by Crippen LogP contribution is 2.44. The van der Waals surface area contributed by atoms with Crippen molar-refractivity contribution in [2.45, 2.75) is 75.9 Å². The average molecular weight is 898 g/mol. The summed E-state index contributed by atoms with van der Waals surface area (Å²) in [5, 5.41) is 21.9. The zero-order chi connectivity index (χ0) is 39.3. The van der Waals surface area contributed by atoms with Gasteiger partial charge in [-0.25, -0.2) is 8.78 Å². The molecule has 3 atom stereocenters. The molecular weight excluding hydrogens is 856 g/mol. The molecule has 0 radical (unpaired) electrons. The lowest BCUT2D eigenvalue weighted by molar-refractivity contribution is -0.138. The van der Waals surface area contributed by atoms with E-state index in [4.69, 9.17) is 28.8 Å². The van der Waals surface area contributed by atoms with Crippen LogP contribution < -0.4 is 19.5 Å². The lowest BCUT2D eigenvalue weighted by atomic mass is 9.98. The summed E-state index contributed by atoms with van der Waals surface area (Å²) in [4.78, 5) is 21.8. The minimum Gasteiger partial charge on any atom is -0.492 e. The maximum atomic E-state index is 14.2. The number of furan rings is 1. The van der Waals surface area contributed by atoms with Crippen molar-refractivity contribution >= 4 is 54.8 Å². The predicted octanol–water partition coefficient (Wildman–Crippen LogP) is 10.4. The number of hydrogen-bond donors (Lipinski definition) is 3. The third-order valence-corrected chi connectivity index (χ3v) is 12.0. The smallest absolute Gasteiger partial charge is 0.307 e. The number of carboxylic acid groups (broad SMARTS) is 2. The molecule has 0 bridgehead atoms. The summed E-state index contributed by atoms with van der Waals surface area (Å²) in [5.41, 5.74) is 5.18. The molecule has 2 aliphatic heterocycles. The number of benzene rings is 4. The van der Waals surface area contributed by atoms with E-state index < -0.39 is 11.9 Å². The molecule has 4 aliphatic rings. The lowest BCUT2D eigenvalue weighted by Crippen LogP contribution is -2.21. The van der Waals surface area contributed by atoms with Crippen molar-refractivity contribution in [2.24, 2.45) is 0 Å². The van der Waals surface area contributed by atoms with Gasteiger partial charge in [0.1, 0.15) is 46.7 Å². The Bertz CT molecular complexity index is 2230. The molecule has 0 amide bonds. The van der Waals surface area contributed by atoms with Gasteiger partial charge in [-0.3, -0.25) is 9.59 Å². The van der Waals surface area contributed by atoms with Crippen molar-refractivity contribution in [3.63, 3.8) is 0 Å². The Hall–Kier alpha value is -4.46.